The number of carboxylic acid groups (broad SMARTS) is 1. The van der Waals surface area contributed by atoms with Crippen LogP contribution in [0.2, 0.25) is 0 Å². The fourth-order valence-electron chi connectivity index (χ4n) is 2.13. The van der Waals surface area contributed by atoms with Gasteiger partial charge in [-0.15, -0.1) is 0 Å². The van der Waals surface area contributed by atoms with Crippen LogP contribution in [0.15, 0.2) is 54.6 Å². The van der Waals surface area contributed by atoms with E-state index in [4.69, 9.17) is 14.6 Å². The number of anilines is 2. The third kappa shape index (κ3) is 5.60. The van der Waals surface area contributed by atoms with Crippen LogP contribution in [0.5, 0.6) is 11.5 Å². The van der Waals surface area contributed by atoms with Crippen LogP contribution in [0.4, 0.5) is 11.4 Å². The minimum atomic E-state index is -1.22. The summed E-state index contributed by atoms with van der Waals surface area (Å²) >= 11 is 0. The molecule has 140 valence electrons. The Labute approximate surface area is 155 Å². The Morgan fingerprint density at radius 3 is 2.22 bits per heavy atom. The third-order valence-corrected chi connectivity index (χ3v) is 3.45. The molecule has 0 radical (unpaired) electrons. The predicted octanol–water partition coefficient (Wildman–Crippen LogP) is 2.54. The van der Waals surface area contributed by atoms with Crippen molar-refractivity contribution >= 4 is 29.2 Å². The van der Waals surface area contributed by atoms with Crippen LogP contribution in [0, 0.1) is 0 Å². The van der Waals surface area contributed by atoms with Gasteiger partial charge in [0.1, 0.15) is 11.5 Å². The number of ether oxygens (including phenoxy) is 2. The van der Waals surface area contributed by atoms with Gasteiger partial charge < -0.3 is 25.2 Å². The molecule has 0 saturated carbocycles. The highest BCUT2D eigenvalue weighted by atomic mass is 16.5. The molecule has 0 spiro atoms. The summed E-state index contributed by atoms with van der Waals surface area (Å²) in [4.78, 5) is 34.3. The number of hydrogen-bond donors (Lipinski definition) is 3. The first-order valence-electron chi connectivity index (χ1n) is 7.78. The number of rotatable bonds is 7. The first-order valence-corrected chi connectivity index (χ1v) is 7.78. The largest absolute Gasteiger partial charge is 0.497 e. The smallest absolute Gasteiger partial charge is 0.328 e. The number of carbonyl (C=O) groups is 3. The molecule has 0 aliphatic rings. The SMILES string of the molecule is COc1ccc(NC(=O)c2ccc(NC(=O)/C=C\C(=O)O)cc2)c(OC)c1. The van der Waals surface area contributed by atoms with E-state index in [9.17, 15) is 14.4 Å². The van der Waals surface area contributed by atoms with Crippen molar-refractivity contribution in [3.8, 4) is 11.5 Å². The fraction of sp³-hybridized carbons (Fsp3) is 0.105. The van der Waals surface area contributed by atoms with Gasteiger partial charge in [-0.3, -0.25) is 9.59 Å². The van der Waals surface area contributed by atoms with E-state index in [2.05, 4.69) is 10.6 Å². The number of nitrogens with one attached hydrogen (secondary N) is 2. The average Bonchev–Trinajstić information content (AvgIpc) is 2.67. The molecule has 0 aliphatic heterocycles. The molecular weight excluding hydrogens is 352 g/mol. The predicted molar refractivity (Wildman–Crippen MR) is 99.3 cm³/mol. The van der Waals surface area contributed by atoms with Gasteiger partial charge in [-0.05, 0) is 36.4 Å². The number of hydrogen-bond acceptors (Lipinski definition) is 5. The van der Waals surface area contributed by atoms with Crippen LogP contribution in [-0.2, 0) is 9.59 Å². The van der Waals surface area contributed by atoms with Crippen molar-refractivity contribution in [1.29, 1.82) is 0 Å². The Morgan fingerprint density at radius 2 is 1.63 bits per heavy atom. The highest BCUT2D eigenvalue weighted by Gasteiger charge is 2.11. The number of methoxy groups -OCH3 is 2. The molecule has 0 fully saturated rings. The zero-order valence-corrected chi connectivity index (χ0v) is 14.7. The molecule has 0 bridgehead atoms. The Kier molecular flexibility index (Phi) is 6.54. The van der Waals surface area contributed by atoms with Crippen LogP contribution < -0.4 is 20.1 Å². The number of benzene rings is 2. The molecule has 0 saturated heterocycles. The molecule has 0 heterocycles. The maximum absolute atomic E-state index is 12.4. The zero-order chi connectivity index (χ0) is 19.8. The summed E-state index contributed by atoms with van der Waals surface area (Å²) in [5.74, 6) is -1.11. The second-order valence-corrected chi connectivity index (χ2v) is 5.26. The van der Waals surface area contributed by atoms with Crippen LogP contribution in [0.1, 0.15) is 10.4 Å². The van der Waals surface area contributed by atoms with Crippen molar-refractivity contribution in [3.05, 3.63) is 60.2 Å². The minimum Gasteiger partial charge on any atom is -0.497 e. The zero-order valence-electron chi connectivity index (χ0n) is 14.7. The summed E-state index contributed by atoms with van der Waals surface area (Å²) < 4.78 is 10.3. The molecule has 0 aliphatic carbocycles. The Hall–Kier alpha value is -3.81. The molecule has 2 amide bonds. The molecular formula is C19H18N2O6. The summed E-state index contributed by atoms with van der Waals surface area (Å²) in [7, 11) is 3.02. The summed E-state index contributed by atoms with van der Waals surface area (Å²) in [5, 5.41) is 13.7. The summed E-state index contributed by atoms with van der Waals surface area (Å²) in [6.45, 7) is 0. The highest BCUT2D eigenvalue weighted by molar-refractivity contribution is 6.06. The van der Waals surface area contributed by atoms with Crippen molar-refractivity contribution < 1.29 is 29.0 Å². The van der Waals surface area contributed by atoms with Crippen LogP contribution in [-0.4, -0.2) is 37.1 Å². The summed E-state index contributed by atoms with van der Waals surface area (Å²) in [6, 6.07) is 11.1. The Balaban J connectivity index is 2.05. The molecule has 0 aromatic heterocycles. The van der Waals surface area contributed by atoms with Crippen molar-refractivity contribution in [3.63, 3.8) is 0 Å². The lowest BCUT2D eigenvalue weighted by molar-refractivity contribution is -0.131. The maximum Gasteiger partial charge on any atom is 0.328 e. The quantitative estimate of drug-likeness (QED) is 0.646. The lowest BCUT2D eigenvalue weighted by atomic mass is 10.2. The van der Waals surface area contributed by atoms with Crippen molar-refractivity contribution in [2.45, 2.75) is 0 Å². The van der Waals surface area contributed by atoms with E-state index < -0.39 is 11.9 Å². The van der Waals surface area contributed by atoms with E-state index in [1.807, 2.05) is 0 Å². The first-order chi connectivity index (χ1) is 12.9. The monoisotopic (exact) mass is 370 g/mol. The van der Waals surface area contributed by atoms with E-state index in [1.54, 1.807) is 18.2 Å². The van der Waals surface area contributed by atoms with Gasteiger partial charge in [-0.1, -0.05) is 0 Å². The molecule has 27 heavy (non-hydrogen) atoms. The Morgan fingerprint density at radius 1 is 0.926 bits per heavy atom. The van der Waals surface area contributed by atoms with Gasteiger partial charge in [0.05, 0.1) is 19.9 Å². The van der Waals surface area contributed by atoms with Crippen LogP contribution in [0.3, 0.4) is 0 Å². The standard InChI is InChI=1S/C19H18N2O6/c1-26-14-7-8-15(16(11-14)27-2)21-19(25)12-3-5-13(6-4-12)20-17(22)9-10-18(23)24/h3-11H,1-2H3,(H,20,22)(H,21,25)(H,23,24)/b10-9-. The molecule has 8 heteroatoms. The fourth-order valence-corrected chi connectivity index (χ4v) is 2.13. The molecule has 8 nitrogen and oxygen atoms in total. The molecule has 2 aromatic carbocycles. The van der Waals surface area contributed by atoms with Crippen molar-refractivity contribution in [2.75, 3.05) is 24.9 Å². The molecule has 2 aromatic rings. The summed E-state index contributed by atoms with van der Waals surface area (Å²) in [6.07, 6.45) is 1.64. The van der Waals surface area contributed by atoms with Gasteiger partial charge in [0, 0.05) is 29.5 Å². The van der Waals surface area contributed by atoms with Crippen molar-refractivity contribution in [1.82, 2.24) is 0 Å². The molecule has 0 atom stereocenters. The normalized spacial score (nSPS) is 10.3. The van der Waals surface area contributed by atoms with E-state index in [1.165, 1.54) is 38.5 Å². The number of carbonyl (C=O) groups excluding carboxylic acids is 2. The lowest BCUT2D eigenvalue weighted by Gasteiger charge is -2.12. The topological polar surface area (TPSA) is 114 Å². The van der Waals surface area contributed by atoms with E-state index in [-0.39, 0.29) is 5.91 Å². The molecule has 2 rings (SSSR count). The lowest BCUT2D eigenvalue weighted by Crippen LogP contribution is -2.13. The van der Waals surface area contributed by atoms with E-state index in [0.717, 1.165) is 12.2 Å². The number of amides is 2. The highest BCUT2D eigenvalue weighted by Crippen LogP contribution is 2.29. The Bertz CT molecular complexity index is 874. The minimum absolute atomic E-state index is 0.359. The van der Waals surface area contributed by atoms with Gasteiger partial charge in [-0.25, -0.2) is 4.79 Å². The van der Waals surface area contributed by atoms with Gasteiger partial charge in [0.15, 0.2) is 0 Å². The van der Waals surface area contributed by atoms with E-state index >= 15 is 0 Å². The second-order valence-electron chi connectivity index (χ2n) is 5.26. The van der Waals surface area contributed by atoms with Crippen LogP contribution in [0.25, 0.3) is 0 Å². The summed E-state index contributed by atoms with van der Waals surface area (Å²) in [5.41, 5.74) is 1.28. The van der Waals surface area contributed by atoms with Gasteiger partial charge >= 0.3 is 5.97 Å². The third-order valence-electron chi connectivity index (χ3n) is 3.45. The number of aliphatic carboxylic acids is 1. The van der Waals surface area contributed by atoms with Crippen molar-refractivity contribution in [2.24, 2.45) is 0 Å². The van der Waals surface area contributed by atoms with Gasteiger partial charge in [-0.2, -0.15) is 0 Å². The average molecular weight is 370 g/mol. The van der Waals surface area contributed by atoms with Gasteiger partial charge in [0.25, 0.3) is 5.91 Å². The molecule has 0 unspecified atom stereocenters. The van der Waals surface area contributed by atoms with Crippen LogP contribution >= 0.6 is 0 Å². The molecule has 3 N–H and O–H groups in total. The number of carboxylic acids is 1. The maximum atomic E-state index is 12.4. The van der Waals surface area contributed by atoms with Gasteiger partial charge in [0.2, 0.25) is 5.91 Å². The first kappa shape index (κ1) is 19.5. The van der Waals surface area contributed by atoms with E-state index in [0.29, 0.717) is 28.4 Å². The second kappa shape index (κ2) is 9.04.